The van der Waals surface area contributed by atoms with Gasteiger partial charge in [-0.25, -0.2) is 4.39 Å². The molecule has 1 fully saturated rings. The zero-order valence-electron chi connectivity index (χ0n) is 16.9. The number of nitrogens with zero attached hydrogens (tertiary/aromatic N) is 1. The molecular weight excluding hydrogens is 371 g/mol. The third-order valence-electron chi connectivity index (χ3n) is 4.95. The number of carbonyl (C=O) groups is 2. The predicted octanol–water partition coefficient (Wildman–Crippen LogP) is 3.29. The van der Waals surface area contributed by atoms with Gasteiger partial charge in [-0.3, -0.25) is 14.5 Å². The van der Waals surface area contributed by atoms with E-state index in [4.69, 9.17) is 4.74 Å². The molecule has 2 atom stereocenters. The van der Waals surface area contributed by atoms with Crippen LogP contribution in [0.4, 0.5) is 4.39 Å². The summed E-state index contributed by atoms with van der Waals surface area (Å²) >= 11 is 0. The van der Waals surface area contributed by atoms with Crippen LogP contribution in [0.15, 0.2) is 48.5 Å². The second-order valence-corrected chi connectivity index (χ2v) is 7.51. The topological polar surface area (TPSA) is 58.6 Å². The number of hydrogen-bond acceptors (Lipinski definition) is 4. The average molecular weight is 398 g/mol. The Morgan fingerprint density at radius 3 is 2.31 bits per heavy atom. The summed E-state index contributed by atoms with van der Waals surface area (Å²) in [7, 11) is 0. The quantitative estimate of drug-likeness (QED) is 0.574. The van der Waals surface area contributed by atoms with Gasteiger partial charge in [-0.15, -0.1) is 0 Å². The molecule has 0 radical (unpaired) electrons. The van der Waals surface area contributed by atoms with Crippen LogP contribution in [0.25, 0.3) is 0 Å². The fourth-order valence-corrected chi connectivity index (χ4v) is 3.70. The number of carbonyl (C=O) groups excluding carboxylic acids is 2. The zero-order valence-corrected chi connectivity index (χ0v) is 16.9. The molecule has 0 aromatic heterocycles. The summed E-state index contributed by atoms with van der Waals surface area (Å²) < 4.78 is 18.9. The van der Waals surface area contributed by atoms with Crippen molar-refractivity contribution in [3.05, 3.63) is 71.0 Å². The van der Waals surface area contributed by atoms with Crippen molar-refractivity contribution in [1.82, 2.24) is 10.2 Å². The monoisotopic (exact) mass is 398 g/mol. The third-order valence-corrected chi connectivity index (χ3v) is 4.95. The van der Waals surface area contributed by atoms with Gasteiger partial charge < -0.3 is 10.1 Å². The van der Waals surface area contributed by atoms with E-state index in [0.717, 1.165) is 26.1 Å². The number of hydrogen-bond donors (Lipinski definition) is 1. The van der Waals surface area contributed by atoms with E-state index in [1.165, 1.54) is 24.3 Å². The summed E-state index contributed by atoms with van der Waals surface area (Å²) in [5.74, 6) is -0.983. The Morgan fingerprint density at radius 2 is 1.66 bits per heavy atom. The molecule has 3 rings (SSSR count). The van der Waals surface area contributed by atoms with Gasteiger partial charge in [0.25, 0.3) is 5.91 Å². The minimum Gasteiger partial charge on any atom is -0.373 e. The van der Waals surface area contributed by atoms with Gasteiger partial charge in [0.2, 0.25) is 0 Å². The zero-order chi connectivity index (χ0) is 20.8. The maximum Gasteiger partial charge on any atom is 0.252 e. The van der Waals surface area contributed by atoms with Crippen molar-refractivity contribution in [2.24, 2.45) is 0 Å². The van der Waals surface area contributed by atoms with Gasteiger partial charge in [0.05, 0.1) is 17.8 Å². The molecule has 0 unspecified atom stereocenters. The fourth-order valence-electron chi connectivity index (χ4n) is 3.70. The molecule has 1 aliphatic rings. The SMILES string of the molecule is C[C@H]1CN(CCCNC(=O)c2ccccc2C(=O)c2ccc(F)cc2)C[C@H](C)O1. The number of amides is 1. The van der Waals surface area contributed by atoms with Crippen LogP contribution in [-0.4, -0.2) is 55.0 Å². The van der Waals surface area contributed by atoms with Crippen LogP contribution in [0.5, 0.6) is 0 Å². The van der Waals surface area contributed by atoms with E-state index in [1.807, 2.05) is 0 Å². The molecule has 5 nitrogen and oxygen atoms in total. The highest BCUT2D eigenvalue weighted by Crippen LogP contribution is 2.16. The van der Waals surface area contributed by atoms with Crippen LogP contribution in [0.3, 0.4) is 0 Å². The Morgan fingerprint density at radius 1 is 1.03 bits per heavy atom. The van der Waals surface area contributed by atoms with E-state index in [1.54, 1.807) is 24.3 Å². The van der Waals surface area contributed by atoms with Crippen LogP contribution in [0, 0.1) is 5.82 Å². The predicted molar refractivity (Wildman–Crippen MR) is 110 cm³/mol. The molecule has 0 spiro atoms. The van der Waals surface area contributed by atoms with Crippen LogP contribution >= 0.6 is 0 Å². The van der Waals surface area contributed by atoms with Gasteiger partial charge >= 0.3 is 0 Å². The molecular formula is C23H27FN2O3. The number of nitrogens with one attached hydrogen (secondary N) is 1. The second kappa shape index (κ2) is 9.76. The first-order valence-electron chi connectivity index (χ1n) is 9.99. The van der Waals surface area contributed by atoms with Gasteiger partial charge in [-0.05, 0) is 50.6 Å². The third kappa shape index (κ3) is 5.71. The molecule has 154 valence electrons. The maximum absolute atomic E-state index is 13.1. The highest BCUT2D eigenvalue weighted by Gasteiger charge is 2.22. The maximum atomic E-state index is 13.1. The van der Waals surface area contributed by atoms with Gasteiger partial charge in [0.1, 0.15) is 5.82 Å². The first-order valence-corrected chi connectivity index (χ1v) is 9.99. The lowest BCUT2D eigenvalue weighted by Gasteiger charge is -2.35. The van der Waals surface area contributed by atoms with Crippen molar-refractivity contribution in [2.75, 3.05) is 26.2 Å². The van der Waals surface area contributed by atoms with Crippen molar-refractivity contribution in [3.8, 4) is 0 Å². The van der Waals surface area contributed by atoms with Crippen LogP contribution in [0.1, 0.15) is 46.5 Å². The number of halogens is 1. The Bertz CT molecular complexity index is 843. The summed E-state index contributed by atoms with van der Waals surface area (Å²) in [6.07, 6.45) is 1.26. The van der Waals surface area contributed by atoms with E-state index < -0.39 is 5.82 Å². The Balaban J connectivity index is 1.57. The Labute approximate surface area is 170 Å². The number of ketones is 1. The summed E-state index contributed by atoms with van der Waals surface area (Å²) in [4.78, 5) is 27.8. The molecule has 0 bridgehead atoms. The first-order chi connectivity index (χ1) is 13.9. The largest absolute Gasteiger partial charge is 0.373 e. The Kier molecular flexibility index (Phi) is 7.12. The molecule has 6 heteroatoms. The molecule has 29 heavy (non-hydrogen) atoms. The molecule has 1 aliphatic heterocycles. The summed E-state index contributed by atoms with van der Waals surface area (Å²) in [6, 6.07) is 12.0. The van der Waals surface area contributed by atoms with E-state index >= 15 is 0 Å². The molecule has 0 aliphatic carbocycles. The van der Waals surface area contributed by atoms with Gasteiger partial charge in [0.15, 0.2) is 5.78 Å². The molecule has 2 aromatic carbocycles. The van der Waals surface area contributed by atoms with E-state index in [2.05, 4.69) is 24.1 Å². The van der Waals surface area contributed by atoms with Crippen molar-refractivity contribution in [3.63, 3.8) is 0 Å². The average Bonchev–Trinajstić information content (AvgIpc) is 2.70. The van der Waals surface area contributed by atoms with Crippen LogP contribution in [0.2, 0.25) is 0 Å². The molecule has 1 N–H and O–H groups in total. The molecule has 2 aromatic rings. The normalized spacial score (nSPS) is 19.7. The lowest BCUT2D eigenvalue weighted by molar-refractivity contribution is -0.0680. The van der Waals surface area contributed by atoms with Gasteiger partial charge in [-0.2, -0.15) is 0 Å². The van der Waals surface area contributed by atoms with Gasteiger partial charge in [0, 0.05) is 37.3 Å². The minimum absolute atomic E-state index is 0.220. The number of morpholine rings is 1. The van der Waals surface area contributed by atoms with Crippen molar-refractivity contribution >= 4 is 11.7 Å². The van der Waals surface area contributed by atoms with Crippen molar-refractivity contribution in [1.29, 1.82) is 0 Å². The second-order valence-electron chi connectivity index (χ2n) is 7.51. The lowest BCUT2D eigenvalue weighted by atomic mass is 9.98. The van der Waals surface area contributed by atoms with Crippen molar-refractivity contribution in [2.45, 2.75) is 32.5 Å². The lowest BCUT2D eigenvalue weighted by Crippen LogP contribution is -2.46. The summed E-state index contributed by atoms with van der Waals surface area (Å²) in [5.41, 5.74) is 0.991. The van der Waals surface area contributed by atoms with E-state index in [0.29, 0.717) is 23.2 Å². The molecule has 1 heterocycles. The van der Waals surface area contributed by atoms with E-state index in [-0.39, 0.29) is 23.9 Å². The number of ether oxygens (including phenoxy) is 1. The summed E-state index contributed by atoms with van der Waals surface area (Å²) in [5, 5.41) is 2.91. The fraction of sp³-hybridized carbons (Fsp3) is 0.391. The van der Waals surface area contributed by atoms with Crippen LogP contribution in [-0.2, 0) is 4.74 Å². The smallest absolute Gasteiger partial charge is 0.252 e. The standard InChI is InChI=1S/C23H27FN2O3/c1-16-14-26(15-17(2)29-16)13-5-12-25-23(28)21-7-4-3-6-20(21)22(27)18-8-10-19(24)11-9-18/h3-4,6-11,16-17H,5,12-15H2,1-2H3,(H,25,28)/t16-,17-/m0/s1. The Hall–Kier alpha value is -2.57. The first kappa shape index (κ1) is 21.1. The number of benzene rings is 2. The molecule has 1 amide bonds. The highest BCUT2D eigenvalue weighted by molar-refractivity contribution is 6.15. The van der Waals surface area contributed by atoms with E-state index in [9.17, 15) is 14.0 Å². The molecule has 0 saturated carbocycles. The highest BCUT2D eigenvalue weighted by atomic mass is 19.1. The molecule has 1 saturated heterocycles. The van der Waals surface area contributed by atoms with Gasteiger partial charge in [-0.1, -0.05) is 18.2 Å². The van der Waals surface area contributed by atoms with Crippen LogP contribution < -0.4 is 5.32 Å². The minimum atomic E-state index is -0.406. The van der Waals surface area contributed by atoms with Crippen molar-refractivity contribution < 1.29 is 18.7 Å². The summed E-state index contributed by atoms with van der Waals surface area (Å²) in [6.45, 7) is 7.34. The number of rotatable bonds is 7.